The van der Waals surface area contributed by atoms with Gasteiger partial charge in [0.2, 0.25) is 0 Å². The van der Waals surface area contributed by atoms with Crippen molar-refractivity contribution in [3.63, 3.8) is 0 Å². The zero-order valence-corrected chi connectivity index (χ0v) is 11.5. The van der Waals surface area contributed by atoms with Crippen molar-refractivity contribution in [2.75, 3.05) is 6.61 Å². The molecule has 0 atom stereocenters. The summed E-state index contributed by atoms with van der Waals surface area (Å²) in [6.07, 6.45) is 1.50. The molecule has 0 aliphatic heterocycles. The Balaban J connectivity index is 2.20. The lowest BCUT2D eigenvalue weighted by Crippen LogP contribution is -2.12. The minimum Gasteiger partial charge on any atom is -0.491 e. The van der Waals surface area contributed by atoms with Crippen molar-refractivity contribution in [2.24, 2.45) is 0 Å². The molecule has 0 bridgehead atoms. The van der Waals surface area contributed by atoms with Gasteiger partial charge >= 0.3 is 0 Å². The number of nitrogens with one attached hydrogen (secondary N) is 1. The zero-order valence-electron chi connectivity index (χ0n) is 11.5. The molecule has 0 fully saturated rings. The smallest absolute Gasteiger partial charge is 0.262 e. The number of benzene rings is 1. The molecule has 0 unspecified atom stereocenters. The van der Waals surface area contributed by atoms with Gasteiger partial charge in [0.1, 0.15) is 5.39 Å². The maximum Gasteiger partial charge on any atom is 0.262 e. The Morgan fingerprint density at radius 1 is 1.38 bits per heavy atom. The summed E-state index contributed by atoms with van der Waals surface area (Å²) >= 11 is 0. The molecule has 0 saturated heterocycles. The van der Waals surface area contributed by atoms with E-state index in [-0.39, 0.29) is 5.56 Å². The summed E-state index contributed by atoms with van der Waals surface area (Å²) in [5.74, 6) is 0.643. The van der Waals surface area contributed by atoms with E-state index in [9.17, 15) is 4.79 Å². The Labute approximate surface area is 120 Å². The van der Waals surface area contributed by atoms with E-state index in [4.69, 9.17) is 4.74 Å². The zero-order chi connectivity index (χ0) is 14.8. The molecular formula is C15H14N4O2. The molecule has 21 heavy (non-hydrogen) atoms. The first-order valence-electron chi connectivity index (χ1n) is 6.56. The Kier molecular flexibility index (Phi) is 3.27. The monoisotopic (exact) mass is 282 g/mol. The van der Waals surface area contributed by atoms with Gasteiger partial charge in [-0.2, -0.15) is 5.10 Å². The van der Waals surface area contributed by atoms with E-state index in [1.54, 1.807) is 4.68 Å². The van der Waals surface area contributed by atoms with Gasteiger partial charge in [-0.3, -0.25) is 4.79 Å². The molecule has 1 aromatic carbocycles. The van der Waals surface area contributed by atoms with Crippen molar-refractivity contribution in [1.29, 1.82) is 0 Å². The molecule has 3 rings (SSSR count). The SMILES string of the molecule is C=C(OCC)c1nc2c(cnn2-c2ccccc2)c(=O)[nH]1. The number of hydrogen-bond donors (Lipinski definition) is 1. The third-order valence-corrected chi connectivity index (χ3v) is 3.02. The maximum absolute atomic E-state index is 12.1. The maximum atomic E-state index is 12.1. The van der Waals surface area contributed by atoms with Crippen molar-refractivity contribution in [1.82, 2.24) is 19.7 Å². The van der Waals surface area contributed by atoms with Gasteiger partial charge in [0.05, 0.1) is 18.5 Å². The standard InChI is InChI=1S/C15H14N4O2/c1-3-21-10(2)13-17-14-12(15(20)18-13)9-16-19(14)11-7-5-4-6-8-11/h4-9H,2-3H2,1H3,(H,17,18,20). The molecule has 6 heteroatoms. The molecule has 0 aliphatic rings. The summed E-state index contributed by atoms with van der Waals surface area (Å²) in [7, 11) is 0. The van der Waals surface area contributed by atoms with Gasteiger partial charge in [0, 0.05) is 0 Å². The van der Waals surface area contributed by atoms with Crippen LogP contribution in [0.15, 0.2) is 47.9 Å². The lowest BCUT2D eigenvalue weighted by molar-refractivity contribution is 0.296. The number of hydrogen-bond acceptors (Lipinski definition) is 4. The van der Waals surface area contributed by atoms with Gasteiger partial charge in [0.15, 0.2) is 17.2 Å². The van der Waals surface area contributed by atoms with Crippen LogP contribution in [-0.4, -0.2) is 26.4 Å². The van der Waals surface area contributed by atoms with Gasteiger partial charge in [-0.05, 0) is 19.1 Å². The second-order valence-electron chi connectivity index (χ2n) is 4.40. The van der Waals surface area contributed by atoms with Crippen molar-refractivity contribution in [3.05, 3.63) is 59.3 Å². The van der Waals surface area contributed by atoms with Crippen LogP contribution in [0, 0.1) is 0 Å². The van der Waals surface area contributed by atoms with Crippen molar-refractivity contribution in [3.8, 4) is 5.69 Å². The topological polar surface area (TPSA) is 72.8 Å². The molecule has 3 aromatic rings. The van der Waals surface area contributed by atoms with Crippen LogP contribution in [0.2, 0.25) is 0 Å². The highest BCUT2D eigenvalue weighted by Crippen LogP contribution is 2.15. The predicted molar refractivity (Wildman–Crippen MR) is 80.1 cm³/mol. The Hall–Kier alpha value is -2.89. The van der Waals surface area contributed by atoms with Gasteiger partial charge in [0.25, 0.3) is 5.56 Å². The largest absolute Gasteiger partial charge is 0.491 e. The fraction of sp³-hybridized carbons (Fsp3) is 0.133. The summed E-state index contributed by atoms with van der Waals surface area (Å²) in [6.45, 7) is 6.07. The van der Waals surface area contributed by atoms with Crippen LogP contribution in [0.4, 0.5) is 0 Å². The van der Waals surface area contributed by atoms with Crippen LogP contribution in [-0.2, 0) is 4.74 Å². The van der Waals surface area contributed by atoms with E-state index >= 15 is 0 Å². The lowest BCUT2D eigenvalue weighted by Gasteiger charge is -2.07. The van der Waals surface area contributed by atoms with Gasteiger partial charge < -0.3 is 9.72 Å². The molecule has 106 valence electrons. The first-order valence-corrected chi connectivity index (χ1v) is 6.56. The average molecular weight is 282 g/mol. The third kappa shape index (κ3) is 2.31. The minimum atomic E-state index is -0.266. The van der Waals surface area contributed by atoms with Crippen LogP contribution in [0.1, 0.15) is 12.7 Å². The normalized spacial score (nSPS) is 10.7. The Morgan fingerprint density at radius 2 is 2.14 bits per heavy atom. The van der Waals surface area contributed by atoms with Crippen LogP contribution in [0.25, 0.3) is 22.5 Å². The number of para-hydroxylation sites is 1. The lowest BCUT2D eigenvalue weighted by atomic mass is 10.3. The van der Waals surface area contributed by atoms with Gasteiger partial charge in [-0.25, -0.2) is 9.67 Å². The first kappa shape index (κ1) is 13.1. The molecule has 2 heterocycles. The molecular weight excluding hydrogens is 268 g/mol. The third-order valence-electron chi connectivity index (χ3n) is 3.02. The fourth-order valence-electron chi connectivity index (χ4n) is 2.05. The Bertz CT molecular complexity index is 849. The van der Waals surface area contributed by atoms with Crippen molar-refractivity contribution < 1.29 is 4.74 Å². The highest BCUT2D eigenvalue weighted by Gasteiger charge is 2.13. The summed E-state index contributed by atoms with van der Waals surface area (Å²) < 4.78 is 6.92. The molecule has 0 radical (unpaired) electrons. The minimum absolute atomic E-state index is 0.266. The second-order valence-corrected chi connectivity index (χ2v) is 4.40. The second kappa shape index (κ2) is 5.24. The van der Waals surface area contributed by atoms with Crippen LogP contribution < -0.4 is 5.56 Å². The van der Waals surface area contributed by atoms with E-state index in [0.29, 0.717) is 29.2 Å². The first-order chi connectivity index (χ1) is 10.2. The fourth-order valence-corrected chi connectivity index (χ4v) is 2.05. The molecule has 0 saturated carbocycles. The summed E-state index contributed by atoms with van der Waals surface area (Å²) in [5, 5.41) is 4.66. The summed E-state index contributed by atoms with van der Waals surface area (Å²) in [4.78, 5) is 19.2. The van der Waals surface area contributed by atoms with Crippen molar-refractivity contribution >= 4 is 16.8 Å². The molecule has 2 aromatic heterocycles. The number of fused-ring (bicyclic) bond motifs is 1. The number of ether oxygens (including phenoxy) is 1. The quantitative estimate of drug-likeness (QED) is 0.744. The average Bonchev–Trinajstić information content (AvgIpc) is 2.93. The number of H-pyrrole nitrogens is 1. The Morgan fingerprint density at radius 3 is 2.86 bits per heavy atom. The van der Waals surface area contributed by atoms with Gasteiger partial charge in [-0.15, -0.1) is 0 Å². The van der Waals surface area contributed by atoms with E-state index in [1.165, 1.54) is 6.20 Å². The molecule has 6 nitrogen and oxygen atoms in total. The van der Waals surface area contributed by atoms with Crippen LogP contribution in [0.5, 0.6) is 0 Å². The van der Waals surface area contributed by atoms with E-state index in [2.05, 4.69) is 21.6 Å². The van der Waals surface area contributed by atoms with Crippen LogP contribution >= 0.6 is 0 Å². The number of aromatic amines is 1. The van der Waals surface area contributed by atoms with Gasteiger partial charge in [-0.1, -0.05) is 24.8 Å². The highest BCUT2D eigenvalue weighted by molar-refractivity contribution is 5.76. The summed E-state index contributed by atoms with van der Waals surface area (Å²) in [5.41, 5.74) is 1.04. The number of rotatable bonds is 4. The number of nitrogens with zero attached hydrogens (tertiary/aromatic N) is 3. The predicted octanol–water partition coefficient (Wildman–Crippen LogP) is 2.12. The van der Waals surface area contributed by atoms with E-state index in [1.807, 2.05) is 37.3 Å². The van der Waals surface area contributed by atoms with Crippen LogP contribution in [0.3, 0.4) is 0 Å². The molecule has 0 aliphatic carbocycles. The highest BCUT2D eigenvalue weighted by atomic mass is 16.5. The number of aromatic nitrogens is 4. The molecule has 0 spiro atoms. The summed E-state index contributed by atoms with van der Waals surface area (Å²) in [6, 6.07) is 9.50. The molecule has 0 amide bonds. The van der Waals surface area contributed by atoms with Crippen molar-refractivity contribution in [2.45, 2.75) is 6.92 Å². The van der Waals surface area contributed by atoms with E-state index < -0.39 is 0 Å². The molecule has 1 N–H and O–H groups in total. The van der Waals surface area contributed by atoms with E-state index in [0.717, 1.165) is 5.69 Å².